The maximum atomic E-state index is 12.1. The molecule has 1 fully saturated rings. The SMILES string of the molecule is CN(CC(=O)Nc1cc(Cl)ccc1C#N)CC1CCCC1O. The molecule has 1 aliphatic carbocycles. The highest BCUT2D eigenvalue weighted by atomic mass is 35.5. The smallest absolute Gasteiger partial charge is 0.238 e. The Morgan fingerprint density at radius 3 is 2.95 bits per heavy atom. The van der Waals surface area contributed by atoms with Crippen molar-refractivity contribution in [3.63, 3.8) is 0 Å². The van der Waals surface area contributed by atoms with E-state index in [0.717, 1.165) is 19.3 Å². The summed E-state index contributed by atoms with van der Waals surface area (Å²) in [6, 6.07) is 6.79. The number of nitrogens with zero attached hydrogens (tertiary/aromatic N) is 2. The molecule has 22 heavy (non-hydrogen) atoms. The molecule has 1 aromatic carbocycles. The number of carbonyl (C=O) groups excluding carboxylic acids is 1. The van der Waals surface area contributed by atoms with Crippen LogP contribution in [0.4, 0.5) is 5.69 Å². The number of aliphatic hydroxyl groups is 1. The quantitative estimate of drug-likeness (QED) is 0.872. The van der Waals surface area contributed by atoms with E-state index < -0.39 is 0 Å². The molecule has 0 radical (unpaired) electrons. The van der Waals surface area contributed by atoms with Crippen LogP contribution in [0.15, 0.2) is 18.2 Å². The van der Waals surface area contributed by atoms with Crippen LogP contribution in [0.25, 0.3) is 0 Å². The van der Waals surface area contributed by atoms with Crippen molar-refractivity contribution in [2.24, 2.45) is 5.92 Å². The Bertz CT molecular complexity index is 585. The van der Waals surface area contributed by atoms with E-state index in [2.05, 4.69) is 5.32 Å². The van der Waals surface area contributed by atoms with Gasteiger partial charge in [-0.25, -0.2) is 0 Å². The number of hydrogen-bond donors (Lipinski definition) is 2. The second-order valence-electron chi connectivity index (χ2n) is 5.80. The van der Waals surface area contributed by atoms with E-state index in [4.69, 9.17) is 16.9 Å². The van der Waals surface area contributed by atoms with Crippen LogP contribution in [0.2, 0.25) is 5.02 Å². The number of nitriles is 1. The standard InChI is InChI=1S/C16H20ClN3O2/c1-20(9-12-3-2-4-15(12)21)10-16(22)19-14-7-13(17)6-5-11(14)8-18/h5-7,12,15,21H,2-4,9-10H2,1H3,(H,19,22). The molecule has 2 N–H and O–H groups in total. The van der Waals surface area contributed by atoms with Gasteiger partial charge in [0.1, 0.15) is 6.07 Å². The predicted molar refractivity (Wildman–Crippen MR) is 85.6 cm³/mol. The lowest BCUT2D eigenvalue weighted by molar-refractivity contribution is -0.117. The lowest BCUT2D eigenvalue weighted by Gasteiger charge is -2.22. The lowest BCUT2D eigenvalue weighted by atomic mass is 10.1. The molecule has 0 aromatic heterocycles. The summed E-state index contributed by atoms with van der Waals surface area (Å²) < 4.78 is 0. The van der Waals surface area contributed by atoms with Gasteiger partial charge in [-0.3, -0.25) is 9.69 Å². The van der Waals surface area contributed by atoms with Crippen molar-refractivity contribution < 1.29 is 9.90 Å². The summed E-state index contributed by atoms with van der Waals surface area (Å²) in [6.45, 7) is 0.899. The number of halogens is 1. The highest BCUT2D eigenvalue weighted by Gasteiger charge is 2.26. The summed E-state index contributed by atoms with van der Waals surface area (Å²) in [6.07, 6.45) is 2.63. The highest BCUT2D eigenvalue weighted by Crippen LogP contribution is 2.26. The Hall–Kier alpha value is -1.61. The number of likely N-dealkylation sites (N-methyl/N-ethyl adjacent to an activating group) is 1. The molecule has 0 spiro atoms. The lowest BCUT2D eigenvalue weighted by Crippen LogP contribution is -2.35. The van der Waals surface area contributed by atoms with Crippen LogP contribution in [-0.4, -0.2) is 42.2 Å². The molecular formula is C16H20ClN3O2. The van der Waals surface area contributed by atoms with Crippen molar-refractivity contribution in [2.45, 2.75) is 25.4 Å². The minimum absolute atomic E-state index is 0.200. The normalized spacial score (nSPS) is 20.9. The Morgan fingerprint density at radius 2 is 2.32 bits per heavy atom. The molecule has 0 bridgehead atoms. The summed E-state index contributed by atoms with van der Waals surface area (Å²) in [5.41, 5.74) is 0.806. The summed E-state index contributed by atoms with van der Waals surface area (Å²) in [5, 5.41) is 22.1. The van der Waals surface area contributed by atoms with Crippen molar-refractivity contribution in [1.82, 2.24) is 4.90 Å². The van der Waals surface area contributed by atoms with Gasteiger partial charge in [-0.2, -0.15) is 5.26 Å². The minimum Gasteiger partial charge on any atom is -0.393 e. The van der Waals surface area contributed by atoms with Gasteiger partial charge in [0.25, 0.3) is 0 Å². The zero-order valence-electron chi connectivity index (χ0n) is 12.6. The van der Waals surface area contributed by atoms with Gasteiger partial charge in [0, 0.05) is 11.6 Å². The average molecular weight is 322 g/mol. The van der Waals surface area contributed by atoms with Crippen molar-refractivity contribution in [1.29, 1.82) is 5.26 Å². The van der Waals surface area contributed by atoms with Gasteiger partial charge in [-0.05, 0) is 44.0 Å². The second-order valence-corrected chi connectivity index (χ2v) is 6.24. The van der Waals surface area contributed by atoms with Crippen molar-refractivity contribution in [3.05, 3.63) is 28.8 Å². The van der Waals surface area contributed by atoms with Crippen molar-refractivity contribution in [2.75, 3.05) is 25.5 Å². The third-order valence-electron chi connectivity index (χ3n) is 3.95. The van der Waals surface area contributed by atoms with Crippen LogP contribution in [0.5, 0.6) is 0 Å². The van der Waals surface area contributed by atoms with Crippen LogP contribution in [0.3, 0.4) is 0 Å². The first-order chi connectivity index (χ1) is 10.5. The van der Waals surface area contributed by atoms with Crippen LogP contribution < -0.4 is 5.32 Å². The molecule has 6 heteroatoms. The van der Waals surface area contributed by atoms with Gasteiger partial charge in [0.15, 0.2) is 0 Å². The molecule has 0 heterocycles. The third kappa shape index (κ3) is 4.44. The van der Waals surface area contributed by atoms with Crippen LogP contribution in [-0.2, 0) is 4.79 Å². The molecule has 5 nitrogen and oxygen atoms in total. The molecule has 2 atom stereocenters. The predicted octanol–water partition coefficient (Wildman–Crippen LogP) is 2.24. The van der Waals surface area contributed by atoms with Gasteiger partial charge in [-0.15, -0.1) is 0 Å². The molecule has 1 aromatic rings. The fraction of sp³-hybridized carbons (Fsp3) is 0.500. The van der Waals surface area contributed by atoms with E-state index >= 15 is 0 Å². The van der Waals surface area contributed by atoms with Crippen molar-refractivity contribution >= 4 is 23.2 Å². The van der Waals surface area contributed by atoms with Gasteiger partial charge in [-0.1, -0.05) is 18.0 Å². The van der Waals surface area contributed by atoms with Gasteiger partial charge in [0.2, 0.25) is 5.91 Å². The molecule has 0 aliphatic heterocycles. The molecule has 1 aliphatic rings. The zero-order chi connectivity index (χ0) is 16.1. The first-order valence-electron chi connectivity index (χ1n) is 7.35. The average Bonchev–Trinajstić information content (AvgIpc) is 2.84. The Labute approximate surface area is 135 Å². The summed E-state index contributed by atoms with van der Waals surface area (Å²) in [4.78, 5) is 14.0. The fourth-order valence-electron chi connectivity index (χ4n) is 2.85. The summed E-state index contributed by atoms with van der Waals surface area (Å²) >= 11 is 5.89. The molecule has 0 saturated heterocycles. The molecular weight excluding hydrogens is 302 g/mol. The number of benzene rings is 1. The molecule has 1 saturated carbocycles. The van der Waals surface area contributed by atoms with Gasteiger partial charge in [0.05, 0.1) is 23.9 Å². The van der Waals surface area contributed by atoms with E-state index in [0.29, 0.717) is 22.8 Å². The number of hydrogen-bond acceptors (Lipinski definition) is 4. The number of anilines is 1. The maximum absolute atomic E-state index is 12.1. The number of aliphatic hydroxyl groups excluding tert-OH is 1. The van der Waals surface area contributed by atoms with E-state index in [1.165, 1.54) is 0 Å². The van der Waals surface area contributed by atoms with E-state index in [1.807, 2.05) is 18.0 Å². The van der Waals surface area contributed by atoms with Crippen LogP contribution in [0.1, 0.15) is 24.8 Å². The number of amides is 1. The summed E-state index contributed by atoms with van der Waals surface area (Å²) in [7, 11) is 1.85. The number of carbonyl (C=O) groups is 1. The Kier molecular flexibility index (Phi) is 5.78. The monoisotopic (exact) mass is 321 g/mol. The van der Waals surface area contributed by atoms with E-state index in [1.54, 1.807) is 18.2 Å². The minimum atomic E-state index is -0.261. The van der Waals surface area contributed by atoms with Crippen LogP contribution in [0, 0.1) is 17.2 Å². The van der Waals surface area contributed by atoms with Crippen molar-refractivity contribution in [3.8, 4) is 6.07 Å². The molecule has 1 amide bonds. The zero-order valence-corrected chi connectivity index (χ0v) is 13.3. The molecule has 2 unspecified atom stereocenters. The summed E-state index contributed by atoms with van der Waals surface area (Å²) in [5.74, 6) is 0.0346. The number of nitrogens with one attached hydrogen (secondary N) is 1. The van der Waals surface area contributed by atoms with Gasteiger partial charge >= 0.3 is 0 Å². The maximum Gasteiger partial charge on any atom is 0.238 e. The fourth-order valence-corrected chi connectivity index (χ4v) is 3.02. The Morgan fingerprint density at radius 1 is 1.55 bits per heavy atom. The molecule has 2 rings (SSSR count). The van der Waals surface area contributed by atoms with E-state index in [9.17, 15) is 9.90 Å². The topological polar surface area (TPSA) is 76.4 Å². The second kappa shape index (κ2) is 7.59. The molecule has 118 valence electrons. The van der Waals surface area contributed by atoms with Crippen LogP contribution >= 0.6 is 11.6 Å². The van der Waals surface area contributed by atoms with E-state index in [-0.39, 0.29) is 24.5 Å². The highest BCUT2D eigenvalue weighted by molar-refractivity contribution is 6.31. The number of rotatable bonds is 5. The largest absolute Gasteiger partial charge is 0.393 e. The first-order valence-corrected chi connectivity index (χ1v) is 7.73. The van der Waals surface area contributed by atoms with Gasteiger partial charge < -0.3 is 10.4 Å². The third-order valence-corrected chi connectivity index (χ3v) is 4.19. The Balaban J connectivity index is 1.90. The first kappa shape index (κ1) is 16.8.